The van der Waals surface area contributed by atoms with Gasteiger partial charge in [0, 0.05) is 19.8 Å². The van der Waals surface area contributed by atoms with E-state index < -0.39 is 0 Å². The molecule has 0 bridgehead atoms. The largest absolute Gasteiger partial charge is 0.396 e. The zero-order chi connectivity index (χ0) is 10.8. The van der Waals surface area contributed by atoms with Crippen LogP contribution in [-0.4, -0.2) is 38.0 Å². The lowest BCUT2D eigenvalue weighted by Gasteiger charge is -2.22. The van der Waals surface area contributed by atoms with Crippen LogP contribution < -0.4 is 5.32 Å². The molecule has 1 saturated heterocycles. The maximum Gasteiger partial charge on any atom is 0.0495 e. The number of ether oxygens (including phenoxy) is 1. The molecule has 0 amide bonds. The highest BCUT2D eigenvalue weighted by Crippen LogP contribution is 2.11. The van der Waals surface area contributed by atoms with Crippen LogP contribution >= 0.6 is 0 Å². The lowest BCUT2D eigenvalue weighted by atomic mass is 9.99. The van der Waals surface area contributed by atoms with E-state index in [1.807, 2.05) is 0 Å². The van der Waals surface area contributed by atoms with Gasteiger partial charge >= 0.3 is 0 Å². The third-order valence-electron chi connectivity index (χ3n) is 3.01. The molecule has 0 aromatic carbocycles. The number of aliphatic hydroxyl groups excluding tert-OH is 1. The van der Waals surface area contributed by atoms with E-state index in [4.69, 9.17) is 9.84 Å². The Hall–Kier alpha value is -0.120. The molecule has 3 nitrogen and oxygen atoms in total. The fourth-order valence-corrected chi connectivity index (χ4v) is 1.97. The molecule has 1 aliphatic rings. The molecule has 3 heteroatoms. The SMILES string of the molecule is OCCCCCCOCC1CCNCC1. The van der Waals surface area contributed by atoms with Crippen molar-refractivity contribution in [3.63, 3.8) is 0 Å². The highest BCUT2D eigenvalue weighted by molar-refractivity contribution is 4.67. The van der Waals surface area contributed by atoms with Gasteiger partial charge in [-0.25, -0.2) is 0 Å². The number of rotatable bonds is 8. The van der Waals surface area contributed by atoms with E-state index in [1.165, 1.54) is 19.3 Å². The van der Waals surface area contributed by atoms with E-state index in [0.29, 0.717) is 6.61 Å². The molecule has 0 aliphatic carbocycles. The lowest BCUT2D eigenvalue weighted by Crippen LogP contribution is -2.30. The lowest BCUT2D eigenvalue weighted by molar-refractivity contribution is 0.0847. The Kier molecular flexibility index (Phi) is 7.88. The average Bonchev–Trinajstić information content (AvgIpc) is 2.29. The van der Waals surface area contributed by atoms with Gasteiger partial charge in [-0.2, -0.15) is 0 Å². The number of hydrogen-bond donors (Lipinski definition) is 2. The van der Waals surface area contributed by atoms with Crippen LogP contribution in [-0.2, 0) is 4.74 Å². The second kappa shape index (κ2) is 9.13. The Labute approximate surface area is 93.2 Å². The quantitative estimate of drug-likeness (QED) is 0.604. The maximum atomic E-state index is 8.60. The second-order valence-corrected chi connectivity index (χ2v) is 4.41. The van der Waals surface area contributed by atoms with E-state index in [9.17, 15) is 0 Å². The topological polar surface area (TPSA) is 41.5 Å². The third kappa shape index (κ3) is 6.88. The van der Waals surface area contributed by atoms with Crippen molar-refractivity contribution in [2.75, 3.05) is 32.9 Å². The Morgan fingerprint density at radius 1 is 1.07 bits per heavy atom. The summed E-state index contributed by atoms with van der Waals surface area (Å²) >= 11 is 0. The smallest absolute Gasteiger partial charge is 0.0495 e. The predicted octanol–water partition coefficient (Wildman–Crippen LogP) is 1.56. The average molecular weight is 215 g/mol. The molecule has 1 rings (SSSR count). The summed E-state index contributed by atoms with van der Waals surface area (Å²) in [7, 11) is 0. The van der Waals surface area contributed by atoms with Crippen LogP contribution in [0.25, 0.3) is 0 Å². The van der Waals surface area contributed by atoms with E-state index in [0.717, 1.165) is 51.5 Å². The van der Waals surface area contributed by atoms with Crippen molar-refractivity contribution in [1.29, 1.82) is 0 Å². The van der Waals surface area contributed by atoms with E-state index in [-0.39, 0.29) is 0 Å². The first-order valence-electron chi connectivity index (χ1n) is 6.33. The summed E-state index contributed by atoms with van der Waals surface area (Å²) in [5.74, 6) is 0.781. The van der Waals surface area contributed by atoms with Crippen molar-refractivity contribution in [3.8, 4) is 0 Å². The van der Waals surface area contributed by atoms with Gasteiger partial charge in [-0.15, -0.1) is 0 Å². The highest BCUT2D eigenvalue weighted by atomic mass is 16.5. The summed E-state index contributed by atoms with van der Waals surface area (Å²) < 4.78 is 5.66. The molecule has 1 aliphatic heterocycles. The van der Waals surface area contributed by atoms with Crippen molar-refractivity contribution in [1.82, 2.24) is 5.32 Å². The normalized spacial score (nSPS) is 18.2. The summed E-state index contributed by atoms with van der Waals surface area (Å²) in [4.78, 5) is 0. The van der Waals surface area contributed by atoms with Crippen molar-refractivity contribution < 1.29 is 9.84 Å². The number of unbranched alkanes of at least 4 members (excludes halogenated alkanes) is 3. The first kappa shape index (κ1) is 12.9. The molecule has 0 atom stereocenters. The Morgan fingerprint density at radius 2 is 1.80 bits per heavy atom. The monoisotopic (exact) mass is 215 g/mol. The molecule has 0 aromatic heterocycles. The van der Waals surface area contributed by atoms with Crippen molar-refractivity contribution in [3.05, 3.63) is 0 Å². The molecule has 15 heavy (non-hydrogen) atoms. The Bertz CT molecular complexity index is 136. The molecular formula is C12H25NO2. The van der Waals surface area contributed by atoms with Crippen LogP contribution in [0.2, 0.25) is 0 Å². The minimum Gasteiger partial charge on any atom is -0.396 e. The van der Waals surface area contributed by atoms with Crippen molar-refractivity contribution in [2.24, 2.45) is 5.92 Å². The van der Waals surface area contributed by atoms with Gasteiger partial charge in [-0.1, -0.05) is 12.8 Å². The summed E-state index contributed by atoms with van der Waals surface area (Å²) in [6, 6.07) is 0. The first-order chi connectivity index (χ1) is 7.43. The molecule has 0 saturated carbocycles. The molecular weight excluding hydrogens is 190 g/mol. The van der Waals surface area contributed by atoms with Crippen LogP contribution in [0.5, 0.6) is 0 Å². The summed E-state index contributed by atoms with van der Waals surface area (Å²) in [6.07, 6.45) is 6.94. The van der Waals surface area contributed by atoms with Gasteiger partial charge in [-0.3, -0.25) is 0 Å². The van der Waals surface area contributed by atoms with Crippen molar-refractivity contribution in [2.45, 2.75) is 38.5 Å². The predicted molar refractivity (Wildman–Crippen MR) is 62.0 cm³/mol. The fraction of sp³-hybridized carbons (Fsp3) is 1.00. The van der Waals surface area contributed by atoms with E-state index in [2.05, 4.69) is 5.32 Å². The number of hydrogen-bond acceptors (Lipinski definition) is 3. The van der Waals surface area contributed by atoms with Gasteiger partial charge in [0.25, 0.3) is 0 Å². The summed E-state index contributed by atoms with van der Waals surface area (Å²) in [6.45, 7) is 4.49. The molecule has 0 aromatic rings. The maximum absolute atomic E-state index is 8.60. The number of aliphatic hydroxyl groups is 1. The molecule has 0 radical (unpaired) electrons. The molecule has 1 fully saturated rings. The zero-order valence-electron chi connectivity index (χ0n) is 9.71. The summed E-state index contributed by atoms with van der Waals surface area (Å²) in [5, 5.41) is 12.0. The van der Waals surface area contributed by atoms with Gasteiger partial charge < -0.3 is 15.2 Å². The fourth-order valence-electron chi connectivity index (χ4n) is 1.97. The van der Waals surface area contributed by atoms with Crippen LogP contribution in [0.15, 0.2) is 0 Å². The van der Waals surface area contributed by atoms with Crippen molar-refractivity contribution >= 4 is 0 Å². The van der Waals surface area contributed by atoms with Gasteiger partial charge in [0.15, 0.2) is 0 Å². The number of nitrogens with one attached hydrogen (secondary N) is 1. The Morgan fingerprint density at radius 3 is 2.53 bits per heavy atom. The van der Waals surface area contributed by atoms with E-state index in [1.54, 1.807) is 0 Å². The molecule has 2 N–H and O–H groups in total. The van der Waals surface area contributed by atoms with Gasteiger partial charge in [0.05, 0.1) is 0 Å². The molecule has 0 spiro atoms. The third-order valence-corrected chi connectivity index (χ3v) is 3.01. The Balaban J connectivity index is 1.79. The highest BCUT2D eigenvalue weighted by Gasteiger charge is 2.12. The number of piperidine rings is 1. The van der Waals surface area contributed by atoms with Crippen LogP contribution in [0, 0.1) is 5.92 Å². The minimum absolute atomic E-state index is 0.329. The second-order valence-electron chi connectivity index (χ2n) is 4.41. The standard InChI is InChI=1S/C12H25NO2/c14-9-3-1-2-4-10-15-11-12-5-7-13-8-6-12/h12-14H,1-11H2. The zero-order valence-corrected chi connectivity index (χ0v) is 9.71. The van der Waals surface area contributed by atoms with Crippen LogP contribution in [0.3, 0.4) is 0 Å². The van der Waals surface area contributed by atoms with E-state index >= 15 is 0 Å². The molecule has 90 valence electrons. The summed E-state index contributed by atoms with van der Waals surface area (Å²) in [5.41, 5.74) is 0. The minimum atomic E-state index is 0.329. The van der Waals surface area contributed by atoms with Gasteiger partial charge in [0.2, 0.25) is 0 Å². The van der Waals surface area contributed by atoms with Gasteiger partial charge in [0.1, 0.15) is 0 Å². The van der Waals surface area contributed by atoms with Crippen LogP contribution in [0.4, 0.5) is 0 Å². The molecule has 1 heterocycles. The van der Waals surface area contributed by atoms with Crippen LogP contribution in [0.1, 0.15) is 38.5 Å². The molecule has 0 unspecified atom stereocenters. The van der Waals surface area contributed by atoms with Gasteiger partial charge in [-0.05, 0) is 44.7 Å². The first-order valence-corrected chi connectivity index (χ1v) is 6.33.